The van der Waals surface area contributed by atoms with Gasteiger partial charge in [-0.05, 0) is 23.4 Å². The molecule has 0 spiro atoms. The van der Waals surface area contributed by atoms with Crippen molar-refractivity contribution < 1.29 is 4.74 Å². The van der Waals surface area contributed by atoms with Crippen LogP contribution in [0, 0.1) is 0 Å². The monoisotopic (exact) mass is 356 g/mol. The first-order chi connectivity index (χ1) is 11.8. The van der Waals surface area contributed by atoms with E-state index in [1.54, 1.807) is 30.2 Å². The fourth-order valence-corrected chi connectivity index (χ4v) is 3.24. The van der Waals surface area contributed by atoms with Gasteiger partial charge in [0.15, 0.2) is 0 Å². The smallest absolute Gasteiger partial charge is 0.133 e. The lowest BCUT2D eigenvalue weighted by atomic mass is 10.1. The van der Waals surface area contributed by atoms with Crippen LogP contribution in [0.1, 0.15) is 12.5 Å². The molecule has 3 nitrogen and oxygen atoms in total. The molecule has 0 aliphatic heterocycles. The maximum Gasteiger partial charge on any atom is 0.133 e. The summed E-state index contributed by atoms with van der Waals surface area (Å²) in [4.78, 5) is 9.84. The predicted molar refractivity (Wildman–Crippen MR) is 99.7 cm³/mol. The third kappa shape index (κ3) is 4.08. The van der Waals surface area contributed by atoms with Crippen LogP contribution in [-0.4, -0.2) is 15.7 Å². The third-order valence-electron chi connectivity index (χ3n) is 3.40. The molecule has 0 aliphatic rings. The summed E-state index contributed by atoms with van der Waals surface area (Å²) in [5.74, 6) is 1.66. The maximum absolute atomic E-state index is 6.07. The molecule has 3 aromatic rings. The van der Waals surface area contributed by atoms with Gasteiger partial charge >= 0.3 is 0 Å². The number of hydrogen-bond acceptors (Lipinski definition) is 4. The highest BCUT2D eigenvalue weighted by Crippen LogP contribution is 2.36. The van der Waals surface area contributed by atoms with E-state index in [1.165, 1.54) is 0 Å². The van der Waals surface area contributed by atoms with Crippen LogP contribution in [0.3, 0.4) is 0 Å². The number of halogens is 1. The van der Waals surface area contributed by atoms with Crippen LogP contribution < -0.4 is 4.74 Å². The van der Waals surface area contributed by atoms with E-state index >= 15 is 0 Å². The van der Waals surface area contributed by atoms with Crippen LogP contribution in [0.5, 0.6) is 5.75 Å². The molecular formula is C19H17ClN2OS. The second-order valence-electron chi connectivity index (χ2n) is 5.06. The average molecular weight is 357 g/mol. The Kier molecular flexibility index (Phi) is 5.72. The van der Waals surface area contributed by atoms with Gasteiger partial charge in [-0.25, -0.2) is 4.98 Å². The molecule has 24 heavy (non-hydrogen) atoms. The average Bonchev–Trinajstić information content (AvgIpc) is 2.62. The zero-order valence-electron chi connectivity index (χ0n) is 13.3. The number of thioether (sulfide) groups is 1. The molecule has 3 rings (SSSR count). The SMILES string of the molecule is CCSc1cccnc1-c1cnc(Cl)cc1OCc1ccccc1. The summed E-state index contributed by atoms with van der Waals surface area (Å²) in [5, 5.41) is 0.405. The highest BCUT2D eigenvalue weighted by molar-refractivity contribution is 7.99. The summed E-state index contributed by atoms with van der Waals surface area (Å²) < 4.78 is 6.02. The summed E-state index contributed by atoms with van der Waals surface area (Å²) in [6, 6.07) is 15.8. The van der Waals surface area contributed by atoms with E-state index in [0.29, 0.717) is 17.5 Å². The second-order valence-corrected chi connectivity index (χ2v) is 6.75. The molecule has 0 atom stereocenters. The summed E-state index contributed by atoms with van der Waals surface area (Å²) in [6.45, 7) is 2.59. The Bertz CT molecular complexity index is 811. The van der Waals surface area contributed by atoms with Gasteiger partial charge in [0.05, 0.1) is 11.3 Å². The molecule has 5 heteroatoms. The minimum absolute atomic E-state index is 0.405. The number of nitrogens with zero attached hydrogens (tertiary/aromatic N) is 2. The van der Waals surface area contributed by atoms with Gasteiger partial charge in [-0.1, -0.05) is 48.9 Å². The number of rotatable bonds is 6. The van der Waals surface area contributed by atoms with Gasteiger partial charge in [0.25, 0.3) is 0 Å². The van der Waals surface area contributed by atoms with E-state index in [4.69, 9.17) is 16.3 Å². The van der Waals surface area contributed by atoms with E-state index in [9.17, 15) is 0 Å². The number of aromatic nitrogens is 2. The van der Waals surface area contributed by atoms with Crippen LogP contribution in [0.4, 0.5) is 0 Å². The molecule has 0 aliphatic carbocycles. The molecule has 0 radical (unpaired) electrons. The molecule has 0 N–H and O–H groups in total. The molecule has 0 saturated heterocycles. The van der Waals surface area contributed by atoms with Crippen LogP contribution >= 0.6 is 23.4 Å². The normalized spacial score (nSPS) is 10.6. The van der Waals surface area contributed by atoms with Crippen molar-refractivity contribution in [3.05, 3.63) is 71.6 Å². The molecule has 0 amide bonds. The van der Waals surface area contributed by atoms with Crippen LogP contribution in [-0.2, 0) is 6.61 Å². The molecule has 1 aromatic carbocycles. The standard InChI is InChI=1S/C19H17ClN2OS/c1-2-24-17-9-6-10-21-19(17)15-12-22-18(20)11-16(15)23-13-14-7-4-3-5-8-14/h3-12H,2,13H2,1H3. The minimum atomic E-state index is 0.405. The number of benzene rings is 1. The molecule has 122 valence electrons. The molecular weight excluding hydrogens is 340 g/mol. The van der Waals surface area contributed by atoms with Crippen LogP contribution in [0.2, 0.25) is 5.15 Å². The topological polar surface area (TPSA) is 35.0 Å². The van der Waals surface area contributed by atoms with Crippen molar-refractivity contribution in [2.75, 3.05) is 5.75 Å². The molecule has 0 saturated carbocycles. The Morgan fingerprint density at radius 3 is 2.71 bits per heavy atom. The Labute approximate surface area is 151 Å². The lowest BCUT2D eigenvalue weighted by molar-refractivity contribution is 0.307. The Morgan fingerprint density at radius 1 is 1.08 bits per heavy atom. The first-order valence-electron chi connectivity index (χ1n) is 7.68. The summed E-state index contributed by atoms with van der Waals surface area (Å²) in [5.41, 5.74) is 2.82. The van der Waals surface area contributed by atoms with Gasteiger partial charge in [0, 0.05) is 23.4 Å². The van der Waals surface area contributed by atoms with Crippen LogP contribution in [0.25, 0.3) is 11.3 Å². The van der Waals surface area contributed by atoms with Gasteiger partial charge in [0.1, 0.15) is 17.5 Å². The van der Waals surface area contributed by atoms with Crippen molar-refractivity contribution in [1.29, 1.82) is 0 Å². The highest BCUT2D eigenvalue weighted by atomic mass is 35.5. The molecule has 0 bridgehead atoms. The van der Waals surface area contributed by atoms with Gasteiger partial charge in [-0.3, -0.25) is 4.98 Å². The van der Waals surface area contributed by atoms with Crippen molar-refractivity contribution in [3.63, 3.8) is 0 Å². The van der Waals surface area contributed by atoms with Crippen molar-refractivity contribution in [3.8, 4) is 17.0 Å². The van der Waals surface area contributed by atoms with E-state index in [-0.39, 0.29) is 0 Å². The minimum Gasteiger partial charge on any atom is -0.488 e. The third-order valence-corrected chi connectivity index (χ3v) is 4.53. The molecule has 0 fully saturated rings. The fraction of sp³-hybridized carbons (Fsp3) is 0.158. The first kappa shape index (κ1) is 16.8. The number of pyridine rings is 2. The van der Waals surface area contributed by atoms with E-state index in [0.717, 1.165) is 27.5 Å². The summed E-state index contributed by atoms with van der Waals surface area (Å²) >= 11 is 7.82. The largest absolute Gasteiger partial charge is 0.488 e. The Morgan fingerprint density at radius 2 is 1.92 bits per heavy atom. The first-order valence-corrected chi connectivity index (χ1v) is 9.04. The van der Waals surface area contributed by atoms with Gasteiger partial charge in [-0.15, -0.1) is 11.8 Å². The lowest BCUT2D eigenvalue weighted by Gasteiger charge is -2.13. The molecule has 0 unspecified atom stereocenters. The quantitative estimate of drug-likeness (QED) is 0.432. The molecule has 2 aromatic heterocycles. The Balaban J connectivity index is 1.94. The predicted octanol–water partition coefficient (Wildman–Crippen LogP) is 5.49. The highest BCUT2D eigenvalue weighted by Gasteiger charge is 2.14. The van der Waals surface area contributed by atoms with Crippen LogP contribution in [0.15, 0.2) is 65.8 Å². The number of hydrogen-bond donors (Lipinski definition) is 0. The maximum atomic E-state index is 6.07. The fourth-order valence-electron chi connectivity index (χ4n) is 2.31. The zero-order valence-corrected chi connectivity index (χ0v) is 14.8. The lowest BCUT2D eigenvalue weighted by Crippen LogP contribution is -1.99. The second kappa shape index (κ2) is 8.18. The van der Waals surface area contributed by atoms with Gasteiger partial charge in [0.2, 0.25) is 0 Å². The van der Waals surface area contributed by atoms with E-state index in [1.807, 2.05) is 36.4 Å². The summed E-state index contributed by atoms with van der Waals surface area (Å²) in [7, 11) is 0. The number of ether oxygens (including phenoxy) is 1. The van der Waals surface area contributed by atoms with Gasteiger partial charge in [-0.2, -0.15) is 0 Å². The van der Waals surface area contributed by atoms with E-state index in [2.05, 4.69) is 23.0 Å². The van der Waals surface area contributed by atoms with Crippen molar-refractivity contribution in [1.82, 2.24) is 9.97 Å². The Hall–Kier alpha value is -2.04. The van der Waals surface area contributed by atoms with Crippen molar-refractivity contribution in [2.24, 2.45) is 0 Å². The van der Waals surface area contributed by atoms with E-state index < -0.39 is 0 Å². The molecule has 2 heterocycles. The van der Waals surface area contributed by atoms with Gasteiger partial charge < -0.3 is 4.74 Å². The summed E-state index contributed by atoms with van der Waals surface area (Å²) in [6.07, 6.45) is 3.51. The van der Waals surface area contributed by atoms with Crippen molar-refractivity contribution >= 4 is 23.4 Å². The van der Waals surface area contributed by atoms with Crippen molar-refractivity contribution in [2.45, 2.75) is 18.4 Å². The zero-order chi connectivity index (χ0) is 16.8.